The molecule has 5 nitrogen and oxygen atoms in total. The summed E-state index contributed by atoms with van der Waals surface area (Å²) in [5, 5.41) is 10.5. The molecule has 138 valence electrons. The molecule has 0 unspecified atom stereocenters. The minimum Gasteiger partial charge on any atom is -0.478 e. The van der Waals surface area contributed by atoms with Gasteiger partial charge in [-0.3, -0.25) is 9.69 Å². The largest absolute Gasteiger partial charge is 0.478 e. The van der Waals surface area contributed by atoms with Crippen LogP contribution >= 0.6 is 35.6 Å². The van der Waals surface area contributed by atoms with Crippen LogP contribution in [0.15, 0.2) is 59.5 Å². The van der Waals surface area contributed by atoms with Crippen molar-refractivity contribution in [1.29, 1.82) is 0 Å². The maximum Gasteiger partial charge on any atom is 0.335 e. The maximum atomic E-state index is 12.8. The molecule has 3 aromatic rings. The number of nitrogens with zero attached hydrogens (tertiary/aromatic N) is 2. The molecule has 8 heteroatoms. The lowest BCUT2D eigenvalue weighted by Gasteiger charge is -2.14. The second kappa shape index (κ2) is 7.35. The van der Waals surface area contributed by atoms with Crippen LogP contribution in [0.3, 0.4) is 0 Å². The third-order valence-electron chi connectivity index (χ3n) is 4.14. The van der Waals surface area contributed by atoms with Crippen molar-refractivity contribution in [2.75, 3.05) is 4.90 Å². The fraction of sp³-hybridized carbons (Fsp3) is 0. The number of halogens is 1. The zero-order valence-electron chi connectivity index (χ0n) is 14.1. The van der Waals surface area contributed by atoms with Crippen LogP contribution in [-0.4, -0.2) is 26.3 Å². The highest BCUT2D eigenvalue weighted by Gasteiger charge is 2.33. The van der Waals surface area contributed by atoms with Crippen LogP contribution in [0.5, 0.6) is 0 Å². The number of aromatic nitrogens is 1. The lowest BCUT2D eigenvalue weighted by atomic mass is 10.2. The Labute approximate surface area is 174 Å². The van der Waals surface area contributed by atoms with E-state index in [0.29, 0.717) is 31.1 Å². The quantitative estimate of drug-likeness (QED) is 0.470. The van der Waals surface area contributed by atoms with Crippen molar-refractivity contribution >= 4 is 74.4 Å². The molecule has 4 rings (SSSR count). The van der Waals surface area contributed by atoms with Gasteiger partial charge < -0.3 is 5.11 Å². The van der Waals surface area contributed by atoms with Gasteiger partial charge >= 0.3 is 5.97 Å². The number of amides is 1. The van der Waals surface area contributed by atoms with Crippen LogP contribution in [0.1, 0.15) is 16.1 Å². The molecule has 1 fully saturated rings. The van der Waals surface area contributed by atoms with E-state index in [9.17, 15) is 9.59 Å². The summed E-state index contributed by atoms with van der Waals surface area (Å²) in [6, 6.07) is 15.2. The van der Waals surface area contributed by atoms with Crippen molar-refractivity contribution < 1.29 is 14.7 Å². The molecule has 1 aliphatic rings. The van der Waals surface area contributed by atoms with E-state index in [0.717, 1.165) is 5.39 Å². The van der Waals surface area contributed by atoms with E-state index < -0.39 is 5.97 Å². The van der Waals surface area contributed by atoms with Gasteiger partial charge in [-0.1, -0.05) is 53.8 Å². The van der Waals surface area contributed by atoms with Crippen LogP contribution in [0.4, 0.5) is 5.69 Å². The van der Waals surface area contributed by atoms with E-state index in [2.05, 4.69) is 4.98 Å². The van der Waals surface area contributed by atoms with Gasteiger partial charge in [0.15, 0.2) is 4.32 Å². The molecule has 1 N–H and O–H groups in total. The van der Waals surface area contributed by atoms with Gasteiger partial charge in [-0.05, 0) is 42.5 Å². The van der Waals surface area contributed by atoms with Gasteiger partial charge in [-0.2, -0.15) is 0 Å². The van der Waals surface area contributed by atoms with Crippen LogP contribution in [-0.2, 0) is 4.79 Å². The van der Waals surface area contributed by atoms with Crippen LogP contribution in [0.2, 0.25) is 5.02 Å². The molecular weight excluding hydrogens is 416 g/mol. The molecule has 2 aromatic carbocycles. The number of hydrogen-bond donors (Lipinski definition) is 1. The van der Waals surface area contributed by atoms with Crippen LogP contribution < -0.4 is 4.90 Å². The number of fused-ring (bicyclic) bond motifs is 1. The van der Waals surface area contributed by atoms with Crippen molar-refractivity contribution in [2.24, 2.45) is 0 Å². The second-order valence-electron chi connectivity index (χ2n) is 5.92. The third-order valence-corrected chi connectivity index (χ3v) is 5.74. The summed E-state index contributed by atoms with van der Waals surface area (Å²) in [7, 11) is 0. The molecule has 0 spiro atoms. The summed E-state index contributed by atoms with van der Waals surface area (Å²) in [5.74, 6) is -1.31. The normalized spacial score (nSPS) is 15.6. The minimum atomic E-state index is -1.03. The van der Waals surface area contributed by atoms with Crippen molar-refractivity contribution in [3.8, 4) is 0 Å². The first-order valence-electron chi connectivity index (χ1n) is 8.10. The van der Waals surface area contributed by atoms with Crippen LogP contribution in [0.25, 0.3) is 17.0 Å². The van der Waals surface area contributed by atoms with E-state index in [1.165, 1.54) is 28.8 Å². The number of thioether (sulfide) groups is 1. The Morgan fingerprint density at radius 1 is 1.14 bits per heavy atom. The zero-order valence-corrected chi connectivity index (χ0v) is 16.5. The highest BCUT2D eigenvalue weighted by Crippen LogP contribution is 2.36. The second-order valence-corrected chi connectivity index (χ2v) is 8.00. The predicted molar refractivity (Wildman–Crippen MR) is 116 cm³/mol. The number of para-hydroxylation sites is 1. The lowest BCUT2D eigenvalue weighted by Crippen LogP contribution is -2.27. The molecule has 0 atom stereocenters. The maximum absolute atomic E-state index is 12.8. The summed E-state index contributed by atoms with van der Waals surface area (Å²) in [5.41, 5.74) is 1.92. The van der Waals surface area contributed by atoms with Gasteiger partial charge in [-0.15, -0.1) is 0 Å². The number of carbonyl (C=O) groups is 2. The highest BCUT2D eigenvalue weighted by atomic mass is 35.5. The highest BCUT2D eigenvalue weighted by molar-refractivity contribution is 8.27. The Bertz CT molecular complexity index is 1180. The SMILES string of the molecule is O=C(O)c1ccc(N2C(=O)/C(=C/c3ccc4cccc(Cl)c4n3)SC2=S)cc1. The fourth-order valence-electron chi connectivity index (χ4n) is 2.78. The average molecular weight is 427 g/mol. The molecular formula is C20H11ClN2O3S2. The first-order chi connectivity index (χ1) is 13.4. The molecule has 0 bridgehead atoms. The molecule has 1 aliphatic heterocycles. The number of carboxylic acids is 1. The number of anilines is 1. The zero-order chi connectivity index (χ0) is 19.8. The smallest absolute Gasteiger partial charge is 0.335 e. The average Bonchev–Trinajstić information content (AvgIpc) is 2.96. The van der Waals surface area contributed by atoms with Crippen molar-refractivity contribution in [1.82, 2.24) is 4.98 Å². The van der Waals surface area contributed by atoms with E-state index >= 15 is 0 Å². The first-order valence-corrected chi connectivity index (χ1v) is 9.71. The minimum absolute atomic E-state index is 0.141. The molecule has 0 saturated carbocycles. The fourth-order valence-corrected chi connectivity index (χ4v) is 4.29. The Balaban J connectivity index is 1.67. The first kappa shape index (κ1) is 18.6. The predicted octanol–water partition coefficient (Wildman–Crippen LogP) is 4.99. The Morgan fingerprint density at radius 2 is 1.89 bits per heavy atom. The Hall–Kier alpha value is -2.74. The standard InChI is InChI=1S/C20H11ClN2O3S2/c21-15-3-1-2-11-4-7-13(22-17(11)15)10-16-18(24)23(20(27)28-16)14-8-5-12(6-9-14)19(25)26/h1-10H,(H,25,26)/b16-10-. The van der Waals surface area contributed by atoms with Gasteiger partial charge in [0.1, 0.15) is 0 Å². The van der Waals surface area contributed by atoms with Crippen molar-refractivity contribution in [2.45, 2.75) is 0 Å². The number of carboxylic acid groups (broad SMARTS) is 1. The number of aromatic carboxylic acids is 1. The van der Waals surface area contributed by atoms with Crippen molar-refractivity contribution in [3.05, 3.63) is 75.8 Å². The van der Waals surface area contributed by atoms with E-state index in [1.54, 1.807) is 24.3 Å². The molecule has 0 aliphatic carbocycles. The lowest BCUT2D eigenvalue weighted by molar-refractivity contribution is -0.113. The summed E-state index contributed by atoms with van der Waals surface area (Å²) in [6.45, 7) is 0. The molecule has 1 saturated heterocycles. The molecule has 2 heterocycles. The topological polar surface area (TPSA) is 70.5 Å². The van der Waals surface area contributed by atoms with Gasteiger partial charge in [-0.25, -0.2) is 9.78 Å². The van der Waals surface area contributed by atoms with Gasteiger partial charge in [0.2, 0.25) is 0 Å². The van der Waals surface area contributed by atoms with Gasteiger partial charge in [0.25, 0.3) is 5.91 Å². The summed E-state index contributed by atoms with van der Waals surface area (Å²) in [6.07, 6.45) is 1.67. The number of thiocarbonyl (C=S) groups is 1. The monoisotopic (exact) mass is 426 g/mol. The van der Waals surface area contributed by atoms with Gasteiger partial charge in [0, 0.05) is 5.39 Å². The number of pyridine rings is 1. The number of rotatable bonds is 3. The van der Waals surface area contributed by atoms with Crippen molar-refractivity contribution in [3.63, 3.8) is 0 Å². The molecule has 1 amide bonds. The Morgan fingerprint density at radius 3 is 2.61 bits per heavy atom. The van der Waals surface area contributed by atoms with E-state index in [-0.39, 0.29) is 11.5 Å². The van der Waals surface area contributed by atoms with Gasteiger partial charge in [0.05, 0.1) is 32.4 Å². The molecule has 0 radical (unpaired) electrons. The van der Waals surface area contributed by atoms with E-state index in [1.807, 2.05) is 24.3 Å². The van der Waals surface area contributed by atoms with Crippen LogP contribution in [0, 0.1) is 0 Å². The Kier molecular flexibility index (Phi) is 4.89. The number of hydrogen-bond acceptors (Lipinski definition) is 5. The summed E-state index contributed by atoms with van der Waals surface area (Å²) in [4.78, 5) is 30.2. The summed E-state index contributed by atoms with van der Waals surface area (Å²) >= 11 is 12.7. The molecule has 1 aromatic heterocycles. The number of carbonyl (C=O) groups excluding carboxylic acids is 1. The third kappa shape index (κ3) is 3.40. The molecule has 28 heavy (non-hydrogen) atoms. The summed E-state index contributed by atoms with van der Waals surface area (Å²) < 4.78 is 0.373. The van der Waals surface area contributed by atoms with E-state index in [4.69, 9.17) is 28.9 Å². The number of benzene rings is 2.